The van der Waals surface area contributed by atoms with E-state index in [1.165, 1.54) is 32.1 Å². The maximum atomic E-state index is 12.9. The number of anilines is 2. The molecule has 1 saturated carbocycles. The third-order valence-electron chi connectivity index (χ3n) is 5.64. The van der Waals surface area contributed by atoms with E-state index in [0.29, 0.717) is 18.0 Å². The highest BCUT2D eigenvalue weighted by molar-refractivity contribution is 7.98. The Morgan fingerprint density at radius 1 is 1.03 bits per heavy atom. The van der Waals surface area contributed by atoms with E-state index in [0.717, 1.165) is 22.7 Å². The van der Waals surface area contributed by atoms with Crippen LogP contribution < -0.4 is 16.0 Å². The van der Waals surface area contributed by atoms with Gasteiger partial charge in [0.2, 0.25) is 5.91 Å². The van der Waals surface area contributed by atoms with E-state index in [1.54, 1.807) is 17.8 Å². The van der Waals surface area contributed by atoms with E-state index in [-0.39, 0.29) is 11.8 Å². The lowest BCUT2D eigenvalue weighted by Crippen LogP contribution is -2.44. The van der Waals surface area contributed by atoms with Crippen molar-refractivity contribution in [1.29, 1.82) is 0 Å². The van der Waals surface area contributed by atoms with Gasteiger partial charge in [-0.1, -0.05) is 37.0 Å². The summed E-state index contributed by atoms with van der Waals surface area (Å²) in [5.41, 5.74) is 3.40. The van der Waals surface area contributed by atoms with Gasteiger partial charge in [0.15, 0.2) is 0 Å². The highest BCUT2D eigenvalue weighted by atomic mass is 32.2. The van der Waals surface area contributed by atoms with Gasteiger partial charge in [0.25, 0.3) is 5.91 Å². The topological polar surface area (TPSA) is 70.2 Å². The van der Waals surface area contributed by atoms with Crippen molar-refractivity contribution in [3.63, 3.8) is 0 Å². The van der Waals surface area contributed by atoms with Crippen LogP contribution in [0.3, 0.4) is 0 Å². The van der Waals surface area contributed by atoms with Gasteiger partial charge in [-0.05, 0) is 74.6 Å². The molecule has 1 unspecified atom stereocenters. The average molecular weight is 440 g/mol. The minimum Gasteiger partial charge on any atom is -0.382 e. The predicted molar refractivity (Wildman–Crippen MR) is 131 cm³/mol. The fourth-order valence-electron chi connectivity index (χ4n) is 3.89. The highest BCUT2D eigenvalue weighted by Gasteiger charge is 2.21. The fraction of sp³-hybridized carbons (Fsp3) is 0.440. The Hall–Kier alpha value is -2.47. The normalized spacial score (nSPS) is 15.2. The molecule has 6 heteroatoms. The maximum absolute atomic E-state index is 12.9. The molecule has 0 aliphatic heterocycles. The Bertz CT molecular complexity index is 863. The summed E-state index contributed by atoms with van der Waals surface area (Å²) in [6.45, 7) is 1.95. The van der Waals surface area contributed by atoms with Crippen molar-refractivity contribution < 1.29 is 9.59 Å². The second-order valence-electron chi connectivity index (χ2n) is 8.22. The lowest BCUT2D eigenvalue weighted by Gasteiger charge is -2.24. The SMILES string of the molecule is CSCCC(NC(=O)c1cccc(C)c1)C(=O)Nc1ccc(NC2CCCCC2)cc1. The molecule has 166 valence electrons. The number of hydrogen-bond donors (Lipinski definition) is 3. The summed E-state index contributed by atoms with van der Waals surface area (Å²) in [6.07, 6.45) is 8.92. The van der Waals surface area contributed by atoms with Crippen LogP contribution in [-0.2, 0) is 4.79 Å². The van der Waals surface area contributed by atoms with Crippen LogP contribution in [0.15, 0.2) is 48.5 Å². The molecule has 3 rings (SSSR count). The van der Waals surface area contributed by atoms with Gasteiger partial charge in [-0.3, -0.25) is 9.59 Å². The Balaban J connectivity index is 1.59. The van der Waals surface area contributed by atoms with Crippen molar-refractivity contribution in [1.82, 2.24) is 5.32 Å². The first-order valence-corrected chi connectivity index (χ1v) is 12.5. The van der Waals surface area contributed by atoms with Gasteiger partial charge in [0.05, 0.1) is 0 Å². The molecule has 1 aliphatic carbocycles. The molecule has 5 nitrogen and oxygen atoms in total. The number of aryl methyl sites for hydroxylation is 1. The van der Waals surface area contributed by atoms with Gasteiger partial charge < -0.3 is 16.0 Å². The van der Waals surface area contributed by atoms with E-state index in [4.69, 9.17) is 0 Å². The summed E-state index contributed by atoms with van der Waals surface area (Å²) in [6, 6.07) is 15.2. The summed E-state index contributed by atoms with van der Waals surface area (Å²) in [5.74, 6) is 0.371. The van der Waals surface area contributed by atoms with Gasteiger partial charge in [-0.25, -0.2) is 0 Å². The average Bonchev–Trinajstić information content (AvgIpc) is 2.78. The molecule has 3 N–H and O–H groups in total. The Kier molecular flexibility index (Phi) is 8.83. The van der Waals surface area contributed by atoms with E-state index in [9.17, 15) is 9.59 Å². The third-order valence-corrected chi connectivity index (χ3v) is 6.29. The van der Waals surface area contributed by atoms with E-state index < -0.39 is 6.04 Å². The zero-order valence-electron chi connectivity index (χ0n) is 18.4. The van der Waals surface area contributed by atoms with E-state index in [2.05, 4.69) is 16.0 Å². The quantitative estimate of drug-likeness (QED) is 0.500. The smallest absolute Gasteiger partial charge is 0.251 e. The Labute approximate surface area is 189 Å². The number of benzene rings is 2. The van der Waals surface area contributed by atoms with Crippen LogP contribution in [0.4, 0.5) is 11.4 Å². The van der Waals surface area contributed by atoms with Crippen LogP contribution in [0.2, 0.25) is 0 Å². The number of nitrogens with one attached hydrogen (secondary N) is 3. The molecule has 0 bridgehead atoms. The second kappa shape index (κ2) is 11.8. The summed E-state index contributed by atoms with van der Waals surface area (Å²) in [7, 11) is 0. The highest BCUT2D eigenvalue weighted by Crippen LogP contribution is 2.22. The van der Waals surface area contributed by atoms with Crippen LogP contribution in [0.5, 0.6) is 0 Å². The predicted octanol–water partition coefficient (Wildman–Crippen LogP) is 5.23. The van der Waals surface area contributed by atoms with Gasteiger partial charge >= 0.3 is 0 Å². The van der Waals surface area contributed by atoms with Crippen LogP contribution in [0.1, 0.15) is 54.4 Å². The number of carbonyl (C=O) groups is 2. The molecule has 2 aromatic carbocycles. The first-order chi connectivity index (χ1) is 15.0. The van der Waals surface area contributed by atoms with Crippen molar-refractivity contribution in [3.8, 4) is 0 Å². The molecule has 0 saturated heterocycles. The molecular formula is C25H33N3O2S. The van der Waals surface area contributed by atoms with E-state index in [1.807, 2.05) is 55.6 Å². The first-order valence-electron chi connectivity index (χ1n) is 11.1. The molecule has 2 aromatic rings. The molecule has 31 heavy (non-hydrogen) atoms. The molecule has 2 amide bonds. The van der Waals surface area contributed by atoms with Crippen molar-refractivity contribution in [2.75, 3.05) is 22.6 Å². The van der Waals surface area contributed by atoms with Crippen LogP contribution >= 0.6 is 11.8 Å². The summed E-state index contributed by atoms with van der Waals surface area (Å²) >= 11 is 1.66. The number of thioether (sulfide) groups is 1. The summed E-state index contributed by atoms with van der Waals surface area (Å²) < 4.78 is 0. The standard InChI is InChI=1S/C25H33N3O2S/c1-18-7-6-8-19(17-18)24(29)28-23(15-16-31-2)25(30)27-22-13-11-21(12-14-22)26-20-9-4-3-5-10-20/h6-8,11-14,17,20,23,26H,3-5,9-10,15-16H2,1-2H3,(H,27,30)(H,28,29). The minimum absolute atomic E-state index is 0.192. The third kappa shape index (κ3) is 7.31. The summed E-state index contributed by atoms with van der Waals surface area (Å²) in [5, 5.41) is 9.45. The van der Waals surface area contributed by atoms with Crippen molar-refractivity contribution >= 4 is 35.0 Å². The Morgan fingerprint density at radius 3 is 2.42 bits per heavy atom. The fourth-order valence-corrected chi connectivity index (χ4v) is 4.37. The zero-order valence-corrected chi connectivity index (χ0v) is 19.3. The lowest BCUT2D eigenvalue weighted by atomic mass is 9.95. The van der Waals surface area contributed by atoms with Crippen molar-refractivity contribution in [2.45, 2.75) is 57.5 Å². The molecule has 0 radical (unpaired) electrons. The molecule has 1 fully saturated rings. The van der Waals surface area contributed by atoms with Gasteiger partial charge in [-0.2, -0.15) is 11.8 Å². The molecule has 0 spiro atoms. The van der Waals surface area contributed by atoms with E-state index >= 15 is 0 Å². The van der Waals surface area contributed by atoms with Gasteiger partial charge in [-0.15, -0.1) is 0 Å². The van der Waals surface area contributed by atoms with Crippen LogP contribution in [-0.4, -0.2) is 35.9 Å². The van der Waals surface area contributed by atoms with Crippen LogP contribution in [0, 0.1) is 6.92 Å². The van der Waals surface area contributed by atoms with Crippen molar-refractivity contribution in [3.05, 3.63) is 59.7 Å². The van der Waals surface area contributed by atoms with Gasteiger partial charge in [0, 0.05) is 23.0 Å². The van der Waals surface area contributed by atoms with Crippen LogP contribution in [0.25, 0.3) is 0 Å². The number of hydrogen-bond acceptors (Lipinski definition) is 4. The minimum atomic E-state index is -0.583. The molecule has 1 atom stereocenters. The van der Waals surface area contributed by atoms with Gasteiger partial charge in [0.1, 0.15) is 6.04 Å². The molecule has 1 aliphatic rings. The zero-order chi connectivity index (χ0) is 22.1. The lowest BCUT2D eigenvalue weighted by molar-refractivity contribution is -0.118. The monoisotopic (exact) mass is 439 g/mol. The van der Waals surface area contributed by atoms with Crippen molar-refractivity contribution in [2.24, 2.45) is 0 Å². The number of rotatable bonds is 9. The molecule has 0 aromatic heterocycles. The molecular weight excluding hydrogens is 406 g/mol. The largest absolute Gasteiger partial charge is 0.382 e. The number of amides is 2. The first kappa shape index (κ1) is 23.2. The summed E-state index contributed by atoms with van der Waals surface area (Å²) in [4.78, 5) is 25.6. The maximum Gasteiger partial charge on any atom is 0.251 e. The second-order valence-corrected chi connectivity index (χ2v) is 9.21. The molecule has 0 heterocycles. The Morgan fingerprint density at radius 2 is 1.74 bits per heavy atom. The number of carbonyl (C=O) groups excluding carboxylic acids is 2.